The number of anilines is 1. The first-order valence-electron chi connectivity index (χ1n) is 9.19. The molecule has 2 aromatic carbocycles. The zero-order valence-electron chi connectivity index (χ0n) is 16.0. The molecule has 0 unspecified atom stereocenters. The summed E-state index contributed by atoms with van der Waals surface area (Å²) in [4.78, 5) is 16.8. The number of aromatic nitrogens is 1. The molecule has 0 bridgehead atoms. The molecule has 1 heterocycles. The zero-order chi connectivity index (χ0) is 19.2. The molecule has 0 saturated heterocycles. The summed E-state index contributed by atoms with van der Waals surface area (Å²) in [6.07, 6.45) is 2.24. The van der Waals surface area contributed by atoms with E-state index in [9.17, 15) is 4.79 Å². The number of aryl methyl sites for hydroxylation is 1. The molecule has 27 heavy (non-hydrogen) atoms. The van der Waals surface area contributed by atoms with Gasteiger partial charge in [0.2, 0.25) is 5.89 Å². The SMILES string of the molecule is Cc1cccc(C(C)C)c1NC(=O)NCCc1coc(-c2ccccc2)n1. The summed E-state index contributed by atoms with van der Waals surface area (Å²) in [6, 6.07) is 15.6. The Kier molecular flexibility index (Phi) is 5.91. The third-order valence-electron chi connectivity index (χ3n) is 4.40. The first kappa shape index (κ1) is 18.7. The van der Waals surface area contributed by atoms with Gasteiger partial charge >= 0.3 is 6.03 Å². The van der Waals surface area contributed by atoms with E-state index in [1.807, 2.05) is 55.5 Å². The van der Waals surface area contributed by atoms with Crippen LogP contribution in [0.15, 0.2) is 59.2 Å². The minimum absolute atomic E-state index is 0.210. The number of hydrogen-bond acceptors (Lipinski definition) is 3. The molecular formula is C22H25N3O2. The lowest BCUT2D eigenvalue weighted by Gasteiger charge is -2.16. The Balaban J connectivity index is 1.55. The summed E-state index contributed by atoms with van der Waals surface area (Å²) in [5.74, 6) is 0.934. The monoisotopic (exact) mass is 363 g/mol. The van der Waals surface area contributed by atoms with Gasteiger partial charge in [0.1, 0.15) is 6.26 Å². The van der Waals surface area contributed by atoms with Gasteiger partial charge in [-0.3, -0.25) is 0 Å². The predicted octanol–water partition coefficient (Wildman–Crippen LogP) is 5.14. The smallest absolute Gasteiger partial charge is 0.319 e. The fourth-order valence-electron chi connectivity index (χ4n) is 2.94. The van der Waals surface area contributed by atoms with Gasteiger partial charge < -0.3 is 15.1 Å². The summed E-state index contributed by atoms with van der Waals surface area (Å²) in [7, 11) is 0. The number of benzene rings is 2. The van der Waals surface area contributed by atoms with Crippen LogP contribution in [-0.2, 0) is 6.42 Å². The van der Waals surface area contributed by atoms with E-state index in [1.165, 1.54) is 0 Å². The number of hydrogen-bond donors (Lipinski definition) is 2. The summed E-state index contributed by atoms with van der Waals surface area (Å²) in [5.41, 5.74) is 4.83. The van der Waals surface area contributed by atoms with Gasteiger partial charge in [-0.05, 0) is 36.1 Å². The predicted molar refractivity (Wildman–Crippen MR) is 108 cm³/mol. The average Bonchev–Trinajstić information content (AvgIpc) is 3.13. The maximum absolute atomic E-state index is 12.3. The van der Waals surface area contributed by atoms with Gasteiger partial charge in [-0.2, -0.15) is 0 Å². The second-order valence-electron chi connectivity index (χ2n) is 6.83. The largest absolute Gasteiger partial charge is 0.444 e. The van der Waals surface area contributed by atoms with Gasteiger partial charge in [-0.25, -0.2) is 9.78 Å². The molecule has 0 atom stereocenters. The summed E-state index contributed by atoms with van der Waals surface area (Å²) in [5, 5.41) is 5.87. The Morgan fingerprint density at radius 1 is 1.11 bits per heavy atom. The lowest BCUT2D eigenvalue weighted by Crippen LogP contribution is -2.31. The van der Waals surface area contributed by atoms with Crippen molar-refractivity contribution >= 4 is 11.7 Å². The third kappa shape index (κ3) is 4.76. The van der Waals surface area contributed by atoms with E-state index in [0.29, 0.717) is 24.8 Å². The van der Waals surface area contributed by atoms with Crippen molar-refractivity contribution in [2.24, 2.45) is 0 Å². The normalized spacial score (nSPS) is 10.8. The van der Waals surface area contributed by atoms with Gasteiger partial charge in [0.05, 0.1) is 5.69 Å². The standard InChI is InChI=1S/C22H25N3O2/c1-15(2)19-11-7-8-16(3)20(19)25-22(26)23-13-12-18-14-27-21(24-18)17-9-5-4-6-10-17/h4-11,14-15H,12-13H2,1-3H3,(H2,23,25,26). The van der Waals surface area contributed by atoms with Crippen molar-refractivity contribution in [2.45, 2.75) is 33.1 Å². The van der Waals surface area contributed by atoms with Crippen molar-refractivity contribution in [1.29, 1.82) is 0 Å². The van der Waals surface area contributed by atoms with Gasteiger partial charge in [-0.15, -0.1) is 0 Å². The highest BCUT2D eigenvalue weighted by molar-refractivity contribution is 5.91. The van der Waals surface area contributed by atoms with Crippen molar-refractivity contribution in [2.75, 3.05) is 11.9 Å². The number of nitrogens with one attached hydrogen (secondary N) is 2. The first-order valence-corrected chi connectivity index (χ1v) is 9.19. The number of carbonyl (C=O) groups is 1. The first-order chi connectivity index (χ1) is 13.0. The van der Waals surface area contributed by atoms with Crippen LogP contribution in [-0.4, -0.2) is 17.6 Å². The Bertz CT molecular complexity index is 901. The van der Waals surface area contributed by atoms with Crippen LogP contribution in [0, 0.1) is 6.92 Å². The molecule has 0 aliphatic carbocycles. The minimum Gasteiger partial charge on any atom is -0.444 e. The van der Waals surface area contributed by atoms with Crippen molar-refractivity contribution in [3.05, 3.63) is 71.6 Å². The Morgan fingerprint density at radius 3 is 2.63 bits per heavy atom. The third-order valence-corrected chi connectivity index (χ3v) is 4.40. The van der Waals surface area contributed by atoms with Crippen LogP contribution in [0.25, 0.3) is 11.5 Å². The van der Waals surface area contributed by atoms with Crippen molar-refractivity contribution < 1.29 is 9.21 Å². The Labute approximate surface area is 159 Å². The molecule has 0 radical (unpaired) electrons. The molecule has 2 N–H and O–H groups in total. The molecule has 0 aliphatic rings. The molecule has 0 aliphatic heterocycles. The van der Waals surface area contributed by atoms with Crippen LogP contribution in [0.3, 0.4) is 0 Å². The fourth-order valence-corrected chi connectivity index (χ4v) is 2.94. The van der Waals surface area contributed by atoms with Gasteiger partial charge in [0.25, 0.3) is 0 Å². The molecule has 0 fully saturated rings. The highest BCUT2D eigenvalue weighted by Gasteiger charge is 2.12. The Hall–Kier alpha value is -3.08. The highest BCUT2D eigenvalue weighted by atomic mass is 16.3. The van der Waals surface area contributed by atoms with E-state index >= 15 is 0 Å². The van der Waals surface area contributed by atoms with Crippen LogP contribution < -0.4 is 10.6 Å². The fraction of sp³-hybridized carbons (Fsp3) is 0.273. The Morgan fingerprint density at radius 2 is 1.89 bits per heavy atom. The second kappa shape index (κ2) is 8.54. The molecule has 1 aromatic heterocycles. The lowest BCUT2D eigenvalue weighted by atomic mass is 9.98. The van der Waals surface area contributed by atoms with Crippen LogP contribution in [0.1, 0.15) is 36.6 Å². The maximum Gasteiger partial charge on any atom is 0.319 e. The van der Waals surface area contributed by atoms with E-state index in [2.05, 4.69) is 29.5 Å². The van der Waals surface area contributed by atoms with Gasteiger partial charge in [0.15, 0.2) is 0 Å². The van der Waals surface area contributed by atoms with Crippen LogP contribution in [0.2, 0.25) is 0 Å². The van der Waals surface area contributed by atoms with Crippen molar-refractivity contribution in [1.82, 2.24) is 10.3 Å². The molecule has 2 amide bonds. The summed E-state index contributed by atoms with van der Waals surface area (Å²) < 4.78 is 5.52. The molecule has 5 heteroatoms. The van der Waals surface area contributed by atoms with Gasteiger partial charge in [0, 0.05) is 24.2 Å². The van der Waals surface area contributed by atoms with E-state index < -0.39 is 0 Å². The van der Waals surface area contributed by atoms with Crippen molar-refractivity contribution in [3.63, 3.8) is 0 Å². The minimum atomic E-state index is -0.210. The number of urea groups is 1. The average molecular weight is 363 g/mol. The molecule has 3 rings (SSSR count). The number of rotatable bonds is 6. The molecule has 0 saturated carbocycles. The molecule has 3 aromatic rings. The van der Waals surface area contributed by atoms with E-state index in [1.54, 1.807) is 6.26 Å². The molecule has 140 valence electrons. The van der Waals surface area contributed by atoms with Crippen molar-refractivity contribution in [3.8, 4) is 11.5 Å². The molecular weight excluding hydrogens is 338 g/mol. The lowest BCUT2D eigenvalue weighted by molar-refractivity contribution is 0.252. The number of carbonyl (C=O) groups excluding carboxylic acids is 1. The molecule has 0 spiro atoms. The van der Waals surface area contributed by atoms with Crippen LogP contribution in [0.4, 0.5) is 10.5 Å². The van der Waals surface area contributed by atoms with E-state index in [4.69, 9.17) is 4.42 Å². The summed E-state index contributed by atoms with van der Waals surface area (Å²) >= 11 is 0. The molecule has 5 nitrogen and oxygen atoms in total. The maximum atomic E-state index is 12.3. The number of para-hydroxylation sites is 1. The van der Waals surface area contributed by atoms with E-state index in [0.717, 1.165) is 28.1 Å². The number of amides is 2. The second-order valence-corrected chi connectivity index (χ2v) is 6.83. The zero-order valence-corrected chi connectivity index (χ0v) is 16.0. The van der Waals surface area contributed by atoms with Gasteiger partial charge in [-0.1, -0.05) is 50.2 Å². The number of nitrogens with zero attached hydrogens (tertiary/aromatic N) is 1. The van der Waals surface area contributed by atoms with Crippen LogP contribution in [0.5, 0.6) is 0 Å². The van der Waals surface area contributed by atoms with E-state index in [-0.39, 0.29) is 6.03 Å². The highest BCUT2D eigenvalue weighted by Crippen LogP contribution is 2.27. The van der Waals surface area contributed by atoms with Crippen LogP contribution >= 0.6 is 0 Å². The number of oxazole rings is 1. The quantitative estimate of drug-likeness (QED) is 0.637. The summed E-state index contributed by atoms with van der Waals surface area (Å²) in [6.45, 7) is 6.72. The topological polar surface area (TPSA) is 67.2 Å².